The molecule has 0 amide bonds. The minimum atomic E-state index is -3.22. The van der Waals surface area contributed by atoms with Gasteiger partial charge in [-0.2, -0.15) is 0 Å². The quantitative estimate of drug-likeness (QED) is 0.308. The van der Waals surface area contributed by atoms with Crippen LogP contribution in [-0.4, -0.2) is 22.3 Å². The molecule has 0 bridgehead atoms. The van der Waals surface area contributed by atoms with Gasteiger partial charge in [0.15, 0.2) is 0 Å². The highest BCUT2D eigenvalue weighted by Crippen LogP contribution is 2.60. The van der Waals surface area contributed by atoms with Crippen LogP contribution in [0.1, 0.15) is 20.3 Å². The molecule has 0 saturated carbocycles. The molecule has 0 aliphatic carbocycles. The summed E-state index contributed by atoms with van der Waals surface area (Å²) in [5, 5.41) is 0. The van der Waals surface area contributed by atoms with Crippen LogP contribution in [0, 0.1) is 0 Å². The van der Waals surface area contributed by atoms with Crippen molar-refractivity contribution in [3.8, 4) is 17.4 Å². The van der Waals surface area contributed by atoms with E-state index in [1.807, 2.05) is 25.1 Å². The van der Waals surface area contributed by atoms with Crippen LogP contribution < -0.4 is 9.26 Å². The zero-order chi connectivity index (χ0) is 20.0. The van der Waals surface area contributed by atoms with Crippen molar-refractivity contribution in [2.45, 2.75) is 20.3 Å². The number of fused-ring (bicyclic) bond motifs is 1. The fraction of sp³-hybridized carbons (Fsp3) is 0.263. The smallest absolute Gasteiger partial charge is 0.437 e. The minimum absolute atomic E-state index is 0.325. The number of rotatable bonds is 9. The van der Waals surface area contributed by atoms with Gasteiger partial charge < -0.3 is 9.26 Å². The van der Waals surface area contributed by atoms with Gasteiger partial charge >= 0.3 is 6.80 Å². The predicted molar refractivity (Wildman–Crippen MR) is 116 cm³/mol. The lowest BCUT2D eigenvalue weighted by molar-refractivity contribution is 0.296. The van der Waals surface area contributed by atoms with Crippen LogP contribution in [-0.2, 0) is 9.09 Å². The summed E-state index contributed by atoms with van der Waals surface area (Å²) in [5.74, 6) is 2.12. The van der Waals surface area contributed by atoms with Crippen molar-refractivity contribution >= 4 is 45.1 Å². The van der Waals surface area contributed by atoms with Crippen molar-refractivity contribution in [3.63, 3.8) is 0 Å². The van der Waals surface area contributed by atoms with Crippen molar-refractivity contribution in [3.05, 3.63) is 53.1 Å². The number of ether oxygens (including phenoxy) is 1. The first-order valence-corrected chi connectivity index (χ1v) is 12.7. The van der Waals surface area contributed by atoms with Crippen LogP contribution in [0.4, 0.5) is 0 Å². The minimum Gasteiger partial charge on any atom is -0.437 e. The Labute approximate surface area is 176 Å². The largest absolute Gasteiger partial charge is 0.440 e. The molecule has 3 rings (SSSR count). The molecule has 1 atom stereocenters. The Bertz CT molecular complexity index is 987. The first-order chi connectivity index (χ1) is 13.5. The molecule has 0 saturated heterocycles. The van der Waals surface area contributed by atoms with Crippen LogP contribution in [0.15, 0.2) is 53.1 Å². The zero-order valence-corrected chi connectivity index (χ0v) is 18.8. The molecule has 1 unspecified atom stereocenters. The van der Waals surface area contributed by atoms with Gasteiger partial charge in [-0.1, -0.05) is 22.9 Å². The van der Waals surface area contributed by atoms with Gasteiger partial charge in [0, 0.05) is 10.2 Å². The topological polar surface area (TPSA) is 70.5 Å². The Hall–Kier alpha value is -1.60. The van der Waals surface area contributed by atoms with Crippen molar-refractivity contribution in [1.29, 1.82) is 0 Å². The van der Waals surface area contributed by atoms with Gasteiger partial charge in [0.1, 0.15) is 11.5 Å². The Morgan fingerprint density at radius 1 is 1.07 bits per heavy atom. The molecule has 0 aliphatic heterocycles. The zero-order valence-electron chi connectivity index (χ0n) is 15.5. The van der Waals surface area contributed by atoms with Crippen LogP contribution in [0.25, 0.3) is 11.0 Å². The van der Waals surface area contributed by atoms with Crippen LogP contribution in [0.5, 0.6) is 17.4 Å². The summed E-state index contributed by atoms with van der Waals surface area (Å²) < 4.78 is 30.4. The molecule has 0 N–H and O–H groups in total. The van der Waals surface area contributed by atoms with E-state index < -0.39 is 6.80 Å². The molecule has 1 heterocycles. The lowest BCUT2D eigenvalue weighted by atomic mass is 10.3. The molecule has 28 heavy (non-hydrogen) atoms. The monoisotopic (exact) mass is 482 g/mol. The molecule has 1 aromatic heterocycles. The van der Waals surface area contributed by atoms with Crippen molar-refractivity contribution < 1.29 is 18.3 Å². The summed E-state index contributed by atoms with van der Waals surface area (Å²) in [6, 6.07) is 12.5. The summed E-state index contributed by atoms with van der Waals surface area (Å²) in [4.78, 5) is 8.80. The maximum atomic E-state index is 12.7. The second kappa shape index (κ2) is 9.74. The van der Waals surface area contributed by atoms with Crippen LogP contribution in [0.2, 0.25) is 0 Å². The normalized spacial score (nSPS) is 13.2. The Kier molecular flexibility index (Phi) is 7.35. The fourth-order valence-corrected chi connectivity index (χ4v) is 6.09. The fourth-order valence-electron chi connectivity index (χ4n) is 2.29. The number of halogens is 1. The molecule has 0 radical (unpaired) electrons. The SMILES string of the molecule is CCCSP(=O)(OCC)Oc1ccc(Oc2cnc3ccc(Br)cc3n2)cc1. The third-order valence-electron chi connectivity index (χ3n) is 3.49. The Morgan fingerprint density at radius 2 is 1.82 bits per heavy atom. The van der Waals surface area contributed by atoms with Crippen molar-refractivity contribution in [2.75, 3.05) is 12.4 Å². The van der Waals surface area contributed by atoms with E-state index in [-0.39, 0.29) is 0 Å². The van der Waals surface area contributed by atoms with E-state index in [0.29, 0.717) is 29.7 Å². The molecule has 0 spiro atoms. The predicted octanol–water partition coefficient (Wildman–Crippen LogP) is 6.85. The van der Waals surface area contributed by atoms with Crippen molar-refractivity contribution in [1.82, 2.24) is 9.97 Å². The Morgan fingerprint density at radius 3 is 2.54 bits per heavy atom. The van der Waals surface area contributed by atoms with E-state index in [1.54, 1.807) is 37.4 Å². The molecule has 3 aromatic rings. The molecule has 148 valence electrons. The molecule has 0 fully saturated rings. The van der Waals surface area contributed by atoms with Crippen LogP contribution in [0.3, 0.4) is 0 Å². The van der Waals surface area contributed by atoms with E-state index in [0.717, 1.165) is 21.9 Å². The van der Waals surface area contributed by atoms with Crippen molar-refractivity contribution in [2.24, 2.45) is 0 Å². The summed E-state index contributed by atoms with van der Waals surface area (Å²) in [7, 11) is 0. The molecule has 0 aliphatic rings. The Balaban J connectivity index is 1.71. The molecule has 2 aromatic carbocycles. The first-order valence-electron chi connectivity index (χ1n) is 8.80. The first kappa shape index (κ1) is 21.1. The maximum Gasteiger partial charge on any atom is 0.440 e. The highest BCUT2D eigenvalue weighted by molar-refractivity contribution is 9.10. The van der Waals surface area contributed by atoms with Gasteiger partial charge in [0.2, 0.25) is 5.88 Å². The van der Waals surface area contributed by atoms with Gasteiger partial charge in [0.25, 0.3) is 0 Å². The molecule has 9 heteroatoms. The van der Waals surface area contributed by atoms with Gasteiger partial charge in [0.05, 0.1) is 23.8 Å². The maximum absolute atomic E-state index is 12.7. The average Bonchev–Trinajstić information content (AvgIpc) is 2.68. The third kappa shape index (κ3) is 5.70. The second-order valence-corrected chi connectivity index (χ2v) is 10.7. The highest BCUT2D eigenvalue weighted by atomic mass is 79.9. The molecular formula is C19H20BrN2O4PS. The number of hydrogen-bond acceptors (Lipinski definition) is 7. The standard InChI is InChI=1S/C19H20BrN2O4PS/c1-3-11-28-27(23,24-4-2)26-16-8-6-15(7-9-16)25-19-13-21-17-10-5-14(20)12-18(17)22-19/h5-10,12-13H,3-4,11H2,1-2H3. The van der Waals surface area contributed by atoms with Crippen LogP contribution >= 0.6 is 34.1 Å². The summed E-state index contributed by atoms with van der Waals surface area (Å²) in [6.45, 7) is 0.915. The van der Waals surface area contributed by atoms with Gasteiger partial charge in [-0.05, 0) is 67.2 Å². The van der Waals surface area contributed by atoms with E-state index in [9.17, 15) is 4.57 Å². The summed E-state index contributed by atoms with van der Waals surface area (Å²) >= 11 is 4.64. The van der Waals surface area contributed by atoms with Gasteiger partial charge in [-0.3, -0.25) is 4.52 Å². The number of benzene rings is 2. The van der Waals surface area contributed by atoms with E-state index >= 15 is 0 Å². The lowest BCUT2D eigenvalue weighted by Gasteiger charge is -2.17. The van der Waals surface area contributed by atoms with Gasteiger partial charge in [-0.15, -0.1) is 0 Å². The van der Waals surface area contributed by atoms with E-state index in [4.69, 9.17) is 13.8 Å². The summed E-state index contributed by atoms with van der Waals surface area (Å²) in [5.41, 5.74) is 1.52. The van der Waals surface area contributed by atoms with E-state index in [2.05, 4.69) is 25.9 Å². The molecule has 6 nitrogen and oxygen atoms in total. The van der Waals surface area contributed by atoms with E-state index in [1.165, 1.54) is 11.4 Å². The summed E-state index contributed by atoms with van der Waals surface area (Å²) in [6.07, 6.45) is 2.46. The third-order valence-corrected chi connectivity index (χ3v) is 7.93. The number of hydrogen-bond donors (Lipinski definition) is 0. The number of aromatic nitrogens is 2. The second-order valence-electron chi connectivity index (χ2n) is 5.70. The number of nitrogens with zero attached hydrogens (tertiary/aromatic N) is 2. The molecular weight excluding hydrogens is 463 g/mol. The lowest BCUT2D eigenvalue weighted by Crippen LogP contribution is -1.96. The van der Waals surface area contributed by atoms with Gasteiger partial charge in [-0.25, -0.2) is 14.5 Å². The highest BCUT2D eigenvalue weighted by Gasteiger charge is 2.26. The average molecular weight is 483 g/mol.